The Labute approximate surface area is 146 Å². The van der Waals surface area contributed by atoms with Gasteiger partial charge in [-0.3, -0.25) is 9.48 Å². The lowest BCUT2D eigenvalue weighted by atomic mass is 10.3. The first kappa shape index (κ1) is 17.5. The summed E-state index contributed by atoms with van der Waals surface area (Å²) >= 11 is 7.36. The number of hydrogen-bond acceptors (Lipinski definition) is 6. The van der Waals surface area contributed by atoms with Crippen molar-refractivity contribution in [1.29, 1.82) is 0 Å². The van der Waals surface area contributed by atoms with Crippen molar-refractivity contribution in [2.75, 3.05) is 12.4 Å². The van der Waals surface area contributed by atoms with Crippen molar-refractivity contribution >= 4 is 40.4 Å². The van der Waals surface area contributed by atoms with Gasteiger partial charge in [0.2, 0.25) is 0 Å². The lowest BCUT2D eigenvalue weighted by Gasteiger charge is -2.14. The van der Waals surface area contributed by atoms with Crippen LogP contribution in [0.1, 0.15) is 17.4 Å². The van der Waals surface area contributed by atoms with Crippen LogP contribution in [0.4, 0.5) is 0 Å². The number of aromatic nitrogens is 4. The number of nitrogens with one attached hydrogen (secondary N) is 1. The van der Waals surface area contributed by atoms with Crippen molar-refractivity contribution in [3.05, 3.63) is 34.8 Å². The third-order valence-corrected chi connectivity index (χ3v) is 3.60. The highest BCUT2D eigenvalue weighted by Crippen LogP contribution is 2.06. The standard InChI is InChI=1S/C13H16BrN5O3S/c1-2-22-13(21)11(7-23)16-12(20)10-3-4-18(17-10)8-19-6-9(14)5-15-19/h3-6,11,23H,2,7-8H2,1H3,(H,16,20)/t11-/m0/s1. The van der Waals surface area contributed by atoms with E-state index in [1.807, 2.05) is 0 Å². The summed E-state index contributed by atoms with van der Waals surface area (Å²) in [7, 11) is 0. The number of ether oxygens (including phenoxy) is 1. The largest absolute Gasteiger partial charge is 0.464 e. The Balaban J connectivity index is 1.98. The summed E-state index contributed by atoms with van der Waals surface area (Å²) in [4.78, 5) is 23.8. The van der Waals surface area contributed by atoms with E-state index in [-0.39, 0.29) is 18.1 Å². The molecule has 0 aliphatic carbocycles. The van der Waals surface area contributed by atoms with Crippen LogP contribution in [0.5, 0.6) is 0 Å². The average molecular weight is 402 g/mol. The van der Waals surface area contributed by atoms with Gasteiger partial charge in [-0.1, -0.05) is 0 Å². The number of carbonyl (C=O) groups excluding carboxylic acids is 2. The van der Waals surface area contributed by atoms with Gasteiger partial charge in [-0.05, 0) is 28.9 Å². The van der Waals surface area contributed by atoms with E-state index in [1.54, 1.807) is 40.9 Å². The van der Waals surface area contributed by atoms with E-state index in [1.165, 1.54) is 0 Å². The van der Waals surface area contributed by atoms with Crippen LogP contribution >= 0.6 is 28.6 Å². The van der Waals surface area contributed by atoms with Gasteiger partial charge in [0.05, 0.1) is 17.3 Å². The van der Waals surface area contributed by atoms with Crippen molar-refractivity contribution < 1.29 is 14.3 Å². The molecule has 23 heavy (non-hydrogen) atoms. The molecule has 0 saturated heterocycles. The number of nitrogens with zero attached hydrogens (tertiary/aromatic N) is 4. The minimum atomic E-state index is -0.807. The third kappa shape index (κ3) is 4.83. The van der Waals surface area contributed by atoms with Crippen LogP contribution < -0.4 is 5.32 Å². The van der Waals surface area contributed by atoms with Gasteiger partial charge in [0.1, 0.15) is 18.4 Å². The minimum Gasteiger partial charge on any atom is -0.464 e. The zero-order valence-corrected chi connectivity index (χ0v) is 14.8. The highest BCUT2D eigenvalue weighted by Gasteiger charge is 2.22. The molecule has 1 atom stereocenters. The van der Waals surface area contributed by atoms with E-state index in [0.29, 0.717) is 6.67 Å². The molecule has 0 aliphatic rings. The maximum Gasteiger partial charge on any atom is 0.329 e. The molecule has 2 aromatic rings. The minimum absolute atomic E-state index is 0.145. The lowest BCUT2D eigenvalue weighted by molar-refractivity contribution is -0.144. The molecular formula is C13H16BrN5O3S. The van der Waals surface area contributed by atoms with Crippen molar-refractivity contribution in [3.63, 3.8) is 0 Å². The Bertz CT molecular complexity index is 687. The quantitative estimate of drug-likeness (QED) is 0.532. The molecule has 2 aromatic heterocycles. The van der Waals surface area contributed by atoms with Gasteiger partial charge in [-0.25, -0.2) is 9.48 Å². The SMILES string of the molecule is CCOC(=O)[C@H](CS)NC(=O)c1ccn(Cn2cc(Br)cn2)n1. The van der Waals surface area contributed by atoms with E-state index in [4.69, 9.17) is 4.74 Å². The van der Waals surface area contributed by atoms with Gasteiger partial charge in [-0.2, -0.15) is 22.8 Å². The second-order valence-corrected chi connectivity index (χ2v) is 5.82. The average Bonchev–Trinajstić information content (AvgIpc) is 3.14. The van der Waals surface area contributed by atoms with E-state index in [0.717, 1.165) is 4.47 Å². The third-order valence-electron chi connectivity index (χ3n) is 2.82. The molecule has 0 bridgehead atoms. The smallest absolute Gasteiger partial charge is 0.329 e. The van der Waals surface area contributed by atoms with Gasteiger partial charge in [0.15, 0.2) is 0 Å². The highest BCUT2D eigenvalue weighted by molar-refractivity contribution is 9.10. The predicted octanol–water partition coefficient (Wildman–Crippen LogP) is 0.939. The zero-order chi connectivity index (χ0) is 16.8. The zero-order valence-electron chi connectivity index (χ0n) is 12.3. The summed E-state index contributed by atoms with van der Waals surface area (Å²) in [6.07, 6.45) is 5.11. The second kappa shape index (κ2) is 8.16. The Hall–Kier alpha value is -1.81. The Kier molecular flexibility index (Phi) is 6.22. The molecule has 0 aliphatic heterocycles. The topological polar surface area (TPSA) is 91.0 Å². The van der Waals surface area contributed by atoms with Crippen molar-refractivity contribution in [1.82, 2.24) is 24.9 Å². The fourth-order valence-electron chi connectivity index (χ4n) is 1.78. The van der Waals surface area contributed by atoms with Gasteiger partial charge in [-0.15, -0.1) is 0 Å². The van der Waals surface area contributed by atoms with Gasteiger partial charge >= 0.3 is 5.97 Å². The van der Waals surface area contributed by atoms with Gasteiger partial charge in [0.25, 0.3) is 5.91 Å². The Morgan fingerprint density at radius 3 is 2.87 bits per heavy atom. The Morgan fingerprint density at radius 1 is 1.48 bits per heavy atom. The first-order chi connectivity index (χ1) is 11.0. The molecule has 1 N–H and O–H groups in total. The van der Waals surface area contributed by atoms with Gasteiger partial charge < -0.3 is 10.1 Å². The number of thiol groups is 1. The molecule has 2 rings (SSSR count). The van der Waals surface area contributed by atoms with Crippen LogP contribution in [0.3, 0.4) is 0 Å². The predicted molar refractivity (Wildman–Crippen MR) is 89.3 cm³/mol. The summed E-state index contributed by atoms with van der Waals surface area (Å²) in [6.45, 7) is 2.31. The summed E-state index contributed by atoms with van der Waals surface area (Å²) < 4.78 is 8.95. The molecule has 0 spiro atoms. The monoisotopic (exact) mass is 401 g/mol. The van der Waals surface area contributed by atoms with E-state index in [9.17, 15) is 9.59 Å². The molecule has 0 fully saturated rings. The first-order valence-electron chi connectivity index (χ1n) is 6.83. The number of amides is 1. The maximum absolute atomic E-state index is 12.1. The van der Waals surface area contributed by atoms with Crippen LogP contribution in [-0.4, -0.2) is 49.8 Å². The van der Waals surface area contributed by atoms with E-state index >= 15 is 0 Å². The molecule has 1 amide bonds. The Morgan fingerprint density at radius 2 is 2.26 bits per heavy atom. The summed E-state index contributed by atoms with van der Waals surface area (Å²) in [5.74, 6) is -0.832. The molecule has 0 aromatic carbocycles. The van der Waals surface area contributed by atoms with Crippen molar-refractivity contribution in [2.45, 2.75) is 19.6 Å². The molecule has 124 valence electrons. The lowest BCUT2D eigenvalue weighted by Crippen LogP contribution is -2.43. The van der Waals surface area contributed by atoms with Crippen LogP contribution in [0.25, 0.3) is 0 Å². The normalized spacial score (nSPS) is 12.0. The highest BCUT2D eigenvalue weighted by atomic mass is 79.9. The van der Waals surface area contributed by atoms with Crippen LogP contribution in [-0.2, 0) is 16.2 Å². The molecule has 0 saturated carbocycles. The molecule has 0 unspecified atom stereocenters. The van der Waals surface area contributed by atoms with Crippen LogP contribution in [0.2, 0.25) is 0 Å². The fourth-order valence-corrected chi connectivity index (χ4v) is 2.35. The van der Waals surface area contributed by atoms with Crippen LogP contribution in [0, 0.1) is 0 Å². The van der Waals surface area contributed by atoms with Crippen molar-refractivity contribution in [3.8, 4) is 0 Å². The molecule has 8 nitrogen and oxygen atoms in total. The number of carbonyl (C=O) groups is 2. The summed E-state index contributed by atoms with van der Waals surface area (Å²) in [5.41, 5.74) is 0.201. The molecule has 2 heterocycles. The number of rotatable bonds is 7. The number of halogens is 1. The first-order valence-corrected chi connectivity index (χ1v) is 8.25. The molecule has 0 radical (unpaired) electrons. The van der Waals surface area contributed by atoms with Crippen molar-refractivity contribution in [2.24, 2.45) is 0 Å². The van der Waals surface area contributed by atoms with Crippen LogP contribution in [0.15, 0.2) is 29.1 Å². The number of hydrogen-bond donors (Lipinski definition) is 2. The van der Waals surface area contributed by atoms with Gasteiger partial charge in [0, 0.05) is 18.1 Å². The van der Waals surface area contributed by atoms with E-state index < -0.39 is 17.9 Å². The summed E-state index contributed by atoms with van der Waals surface area (Å²) in [6, 6.07) is 0.757. The maximum atomic E-state index is 12.1. The number of esters is 1. The second-order valence-electron chi connectivity index (χ2n) is 4.54. The fraction of sp³-hybridized carbons (Fsp3) is 0.385. The van der Waals surface area contributed by atoms with E-state index in [2.05, 4.69) is 44.1 Å². The molecule has 10 heteroatoms. The molecular weight excluding hydrogens is 386 g/mol. The summed E-state index contributed by atoms with van der Waals surface area (Å²) in [5, 5.41) is 10.8.